The molecule has 1 aromatic carbocycles. The van der Waals surface area contributed by atoms with Crippen LogP contribution in [0.1, 0.15) is 42.3 Å². The third kappa shape index (κ3) is 5.65. The molecule has 1 aromatic heterocycles. The van der Waals surface area contributed by atoms with Gasteiger partial charge in [0.1, 0.15) is 5.75 Å². The highest BCUT2D eigenvalue weighted by atomic mass is 32.1. The highest BCUT2D eigenvalue weighted by Crippen LogP contribution is 2.27. The molecule has 0 radical (unpaired) electrons. The van der Waals surface area contributed by atoms with Gasteiger partial charge in [-0.05, 0) is 62.0 Å². The molecule has 28 heavy (non-hydrogen) atoms. The first-order valence-electron chi connectivity index (χ1n) is 9.39. The summed E-state index contributed by atoms with van der Waals surface area (Å²) in [6.45, 7) is 1.64. The summed E-state index contributed by atoms with van der Waals surface area (Å²) >= 11 is 1.71. The lowest BCUT2D eigenvalue weighted by Gasteiger charge is -2.27. The zero-order valence-electron chi connectivity index (χ0n) is 15.7. The van der Waals surface area contributed by atoms with Crippen LogP contribution in [0.4, 0.5) is 13.6 Å². The van der Waals surface area contributed by atoms with Crippen molar-refractivity contribution in [3.63, 3.8) is 0 Å². The van der Waals surface area contributed by atoms with Crippen molar-refractivity contribution < 1.29 is 18.3 Å². The molecule has 2 atom stereocenters. The van der Waals surface area contributed by atoms with E-state index in [1.807, 2.05) is 13.0 Å². The Morgan fingerprint density at radius 1 is 1.21 bits per heavy atom. The lowest BCUT2D eigenvalue weighted by molar-refractivity contribution is -0.0498. The zero-order chi connectivity index (χ0) is 19.9. The number of carbonyl (C=O) groups is 1. The fraction of sp³-hybridized carbons (Fsp3) is 0.450. The van der Waals surface area contributed by atoms with Gasteiger partial charge < -0.3 is 15.4 Å². The largest absolute Gasteiger partial charge is 0.435 e. The molecule has 2 N–H and O–H groups in total. The van der Waals surface area contributed by atoms with Crippen molar-refractivity contribution >= 4 is 17.4 Å². The molecule has 0 bridgehead atoms. The number of nitrogens with one attached hydrogen (secondary N) is 2. The Bertz CT molecular complexity index is 734. The Labute approximate surface area is 167 Å². The summed E-state index contributed by atoms with van der Waals surface area (Å²) in [5.74, 6) is 0.0970. The molecule has 0 spiro atoms. The van der Waals surface area contributed by atoms with E-state index in [0.29, 0.717) is 6.54 Å². The van der Waals surface area contributed by atoms with Crippen LogP contribution in [0.5, 0.6) is 5.75 Å². The van der Waals surface area contributed by atoms with Crippen LogP contribution in [-0.4, -0.2) is 37.2 Å². The molecular weight excluding hydrogens is 384 g/mol. The summed E-state index contributed by atoms with van der Waals surface area (Å²) in [6.07, 6.45) is 2.38. The normalized spacial score (nSPS) is 16.7. The Kier molecular flexibility index (Phi) is 7.22. The Morgan fingerprint density at radius 3 is 2.54 bits per heavy atom. The predicted octanol–water partition coefficient (Wildman–Crippen LogP) is 4.55. The minimum atomic E-state index is -2.85. The molecule has 1 aliphatic heterocycles. The molecule has 0 aliphatic carbocycles. The number of hydrogen-bond acceptors (Lipinski definition) is 4. The molecule has 8 heteroatoms. The number of urea groups is 1. The maximum absolute atomic E-state index is 12.4. The number of hydrogen-bond donors (Lipinski definition) is 2. The summed E-state index contributed by atoms with van der Waals surface area (Å²) in [7, 11) is 0. The maximum atomic E-state index is 12.4. The lowest BCUT2D eigenvalue weighted by Crippen LogP contribution is -2.42. The topological polar surface area (TPSA) is 53.6 Å². The number of nitrogens with zero attached hydrogens (tertiary/aromatic N) is 1. The Balaban J connectivity index is 1.52. The highest BCUT2D eigenvalue weighted by molar-refractivity contribution is 7.10. The average Bonchev–Trinajstić information content (AvgIpc) is 3.36. The Morgan fingerprint density at radius 2 is 1.93 bits per heavy atom. The lowest BCUT2D eigenvalue weighted by atomic mass is 10.1. The third-order valence-corrected chi connectivity index (χ3v) is 5.84. The average molecular weight is 410 g/mol. The molecule has 152 valence electrons. The van der Waals surface area contributed by atoms with E-state index >= 15 is 0 Å². The minimum Gasteiger partial charge on any atom is -0.435 e. The van der Waals surface area contributed by atoms with Gasteiger partial charge in [-0.2, -0.15) is 8.78 Å². The SMILES string of the molecule is CC(NC(=O)NCC(c1cccs1)N1CCCC1)c1ccc(OC(F)F)cc1. The number of halogens is 2. The van der Waals surface area contributed by atoms with Crippen molar-refractivity contribution in [1.82, 2.24) is 15.5 Å². The number of thiophene rings is 1. The van der Waals surface area contributed by atoms with Crippen molar-refractivity contribution in [2.24, 2.45) is 0 Å². The number of carbonyl (C=O) groups excluding carboxylic acids is 1. The van der Waals surface area contributed by atoms with Crippen LogP contribution in [0.3, 0.4) is 0 Å². The van der Waals surface area contributed by atoms with Crippen molar-refractivity contribution in [3.05, 3.63) is 52.2 Å². The number of rotatable bonds is 8. The molecule has 1 fully saturated rings. The van der Waals surface area contributed by atoms with Gasteiger partial charge in [0.25, 0.3) is 0 Å². The van der Waals surface area contributed by atoms with Gasteiger partial charge >= 0.3 is 12.6 Å². The van der Waals surface area contributed by atoms with E-state index in [1.54, 1.807) is 23.5 Å². The molecule has 2 amide bonds. The van der Waals surface area contributed by atoms with Crippen LogP contribution < -0.4 is 15.4 Å². The quantitative estimate of drug-likeness (QED) is 0.673. The number of amides is 2. The molecule has 0 saturated carbocycles. The van der Waals surface area contributed by atoms with Crippen LogP contribution in [-0.2, 0) is 0 Å². The van der Waals surface area contributed by atoms with E-state index in [0.717, 1.165) is 18.7 Å². The summed E-state index contributed by atoms with van der Waals surface area (Å²) in [5, 5.41) is 7.93. The van der Waals surface area contributed by atoms with Gasteiger partial charge in [0.2, 0.25) is 0 Å². The molecule has 2 heterocycles. The molecule has 2 aromatic rings. The van der Waals surface area contributed by atoms with Crippen molar-refractivity contribution in [3.8, 4) is 5.75 Å². The number of ether oxygens (including phenoxy) is 1. The molecular formula is C20H25F2N3O2S. The highest BCUT2D eigenvalue weighted by Gasteiger charge is 2.24. The van der Waals surface area contributed by atoms with Gasteiger partial charge in [-0.1, -0.05) is 18.2 Å². The van der Waals surface area contributed by atoms with Gasteiger partial charge in [0.05, 0.1) is 12.1 Å². The van der Waals surface area contributed by atoms with Crippen LogP contribution in [0.2, 0.25) is 0 Å². The second kappa shape index (κ2) is 9.84. The minimum absolute atomic E-state index is 0.0970. The number of alkyl halides is 2. The van der Waals surface area contributed by atoms with E-state index in [9.17, 15) is 13.6 Å². The smallest absolute Gasteiger partial charge is 0.387 e. The van der Waals surface area contributed by atoms with E-state index in [2.05, 4.69) is 31.7 Å². The summed E-state index contributed by atoms with van der Waals surface area (Å²) in [5.41, 5.74) is 0.811. The van der Waals surface area contributed by atoms with E-state index < -0.39 is 6.61 Å². The van der Waals surface area contributed by atoms with E-state index in [-0.39, 0.29) is 23.9 Å². The van der Waals surface area contributed by atoms with Crippen LogP contribution in [0, 0.1) is 0 Å². The second-order valence-corrected chi connectivity index (χ2v) is 7.78. The van der Waals surface area contributed by atoms with Gasteiger partial charge in [-0.3, -0.25) is 4.90 Å². The van der Waals surface area contributed by atoms with E-state index in [4.69, 9.17) is 0 Å². The molecule has 1 saturated heterocycles. The molecule has 1 aliphatic rings. The van der Waals surface area contributed by atoms with Gasteiger partial charge in [0, 0.05) is 11.4 Å². The molecule has 5 nitrogen and oxygen atoms in total. The van der Waals surface area contributed by atoms with Gasteiger partial charge in [-0.15, -0.1) is 11.3 Å². The van der Waals surface area contributed by atoms with Gasteiger partial charge in [0.15, 0.2) is 0 Å². The van der Waals surface area contributed by atoms with Gasteiger partial charge in [-0.25, -0.2) is 4.79 Å². The fourth-order valence-electron chi connectivity index (χ4n) is 3.40. The van der Waals surface area contributed by atoms with Crippen LogP contribution in [0.15, 0.2) is 41.8 Å². The van der Waals surface area contributed by atoms with Crippen molar-refractivity contribution in [2.45, 2.75) is 38.5 Å². The first-order valence-corrected chi connectivity index (χ1v) is 10.3. The predicted molar refractivity (Wildman–Crippen MR) is 106 cm³/mol. The monoisotopic (exact) mass is 409 g/mol. The van der Waals surface area contributed by atoms with Crippen LogP contribution in [0.25, 0.3) is 0 Å². The number of benzene rings is 1. The standard InChI is InChI=1S/C20H25F2N3O2S/c1-14(15-6-8-16(9-7-15)27-19(21)22)24-20(26)23-13-17(18-5-4-12-28-18)25-10-2-3-11-25/h4-9,12,14,17,19H,2-3,10-11,13H2,1H3,(H2,23,24,26). The second-order valence-electron chi connectivity index (χ2n) is 6.80. The van der Waals surface area contributed by atoms with Crippen molar-refractivity contribution in [1.29, 1.82) is 0 Å². The molecule has 2 unspecified atom stereocenters. The van der Waals surface area contributed by atoms with Crippen molar-refractivity contribution in [2.75, 3.05) is 19.6 Å². The molecule has 3 rings (SSSR count). The van der Waals surface area contributed by atoms with E-state index in [1.165, 1.54) is 29.9 Å². The first kappa shape index (κ1) is 20.5. The summed E-state index contributed by atoms with van der Waals surface area (Å²) < 4.78 is 28.8. The third-order valence-electron chi connectivity index (χ3n) is 4.86. The summed E-state index contributed by atoms with van der Waals surface area (Å²) in [6, 6.07) is 10.1. The van der Waals surface area contributed by atoms with Crippen LogP contribution >= 0.6 is 11.3 Å². The first-order chi connectivity index (χ1) is 13.5. The zero-order valence-corrected chi connectivity index (χ0v) is 16.6. The number of likely N-dealkylation sites (tertiary alicyclic amines) is 1. The Hall–Kier alpha value is -2.19. The fourth-order valence-corrected chi connectivity index (χ4v) is 4.26. The summed E-state index contributed by atoms with van der Waals surface area (Å²) in [4.78, 5) is 16.0. The maximum Gasteiger partial charge on any atom is 0.387 e.